The second kappa shape index (κ2) is 13.4. The summed E-state index contributed by atoms with van der Waals surface area (Å²) < 4.78 is 87.9. The number of benzene rings is 2. The number of rotatable bonds is 14. The topological polar surface area (TPSA) is 121 Å². The van der Waals surface area contributed by atoms with Gasteiger partial charge in [0.25, 0.3) is 25.2 Å². The average molecular weight is 573 g/mol. The molecule has 2 aromatic carbocycles. The van der Waals surface area contributed by atoms with Gasteiger partial charge in [0.05, 0.1) is 13.2 Å². The normalized spacial score (nSPS) is 14.3. The number of ketones is 1. The lowest BCUT2D eigenvalue weighted by Crippen LogP contribution is -2.41. The van der Waals surface area contributed by atoms with E-state index in [-0.39, 0.29) is 22.9 Å². The molecule has 0 aliphatic carbocycles. The fourth-order valence-electron chi connectivity index (χ4n) is 3.54. The van der Waals surface area contributed by atoms with Gasteiger partial charge in [-0.3, -0.25) is 15.0 Å². The first-order chi connectivity index (χ1) is 18.9. The van der Waals surface area contributed by atoms with Crippen molar-refractivity contribution in [2.45, 2.75) is 24.9 Å². The van der Waals surface area contributed by atoms with E-state index in [0.717, 1.165) is 30.5 Å². The van der Waals surface area contributed by atoms with Gasteiger partial charge in [-0.2, -0.15) is 0 Å². The molecule has 0 spiro atoms. The second-order valence-corrected chi connectivity index (χ2v) is 8.73. The van der Waals surface area contributed by atoms with Crippen molar-refractivity contribution in [2.75, 3.05) is 31.7 Å². The van der Waals surface area contributed by atoms with E-state index < -0.39 is 60.0 Å². The van der Waals surface area contributed by atoms with Crippen LogP contribution in [0.1, 0.15) is 11.1 Å². The number of hydrogen-bond acceptors (Lipinski definition) is 7. The number of halogens is 6. The maximum Gasteiger partial charge on any atom is 0.276 e. The van der Waals surface area contributed by atoms with E-state index in [0.29, 0.717) is 19.8 Å². The molecule has 1 fully saturated rings. The third kappa shape index (κ3) is 7.18. The number of Topliss-reactive ketones (excluding diaryl/α,β-unsaturated/α-hetero) is 1. The van der Waals surface area contributed by atoms with Crippen LogP contribution in [0.5, 0.6) is 5.75 Å². The van der Waals surface area contributed by atoms with Gasteiger partial charge >= 0.3 is 0 Å². The van der Waals surface area contributed by atoms with Crippen molar-refractivity contribution in [1.82, 2.24) is 5.32 Å². The van der Waals surface area contributed by atoms with Gasteiger partial charge in [0.15, 0.2) is 0 Å². The Morgan fingerprint density at radius 1 is 1.05 bits per heavy atom. The van der Waals surface area contributed by atoms with Gasteiger partial charge in [0.1, 0.15) is 23.6 Å². The summed E-state index contributed by atoms with van der Waals surface area (Å²) in [6, 6.07) is 8.93. The van der Waals surface area contributed by atoms with Crippen LogP contribution in [0.15, 0.2) is 60.3 Å². The summed E-state index contributed by atoms with van der Waals surface area (Å²) in [6.45, 7) is 0.239. The fourth-order valence-corrected chi connectivity index (χ4v) is 3.54. The molecule has 8 nitrogen and oxygen atoms in total. The van der Waals surface area contributed by atoms with Crippen molar-refractivity contribution in [3.8, 4) is 5.75 Å². The Balaban J connectivity index is 1.84. The number of amides is 1. The minimum absolute atomic E-state index is 0.0991. The van der Waals surface area contributed by atoms with Crippen LogP contribution in [-0.2, 0) is 19.9 Å². The van der Waals surface area contributed by atoms with Crippen LogP contribution in [0, 0.1) is 11.3 Å². The molecule has 0 saturated carbocycles. The quantitative estimate of drug-likeness (QED) is 0.0899. The maximum atomic E-state index is 13.2. The van der Waals surface area contributed by atoms with E-state index >= 15 is 0 Å². The van der Waals surface area contributed by atoms with E-state index in [2.05, 4.69) is 10.6 Å². The first-order valence-electron chi connectivity index (χ1n) is 11.8. The largest absolute Gasteiger partial charge is 0.487 e. The third-order valence-electron chi connectivity index (χ3n) is 5.87. The number of alkyl halides is 6. The maximum absolute atomic E-state index is 13.2. The Bertz CT molecular complexity index is 1230. The first-order valence-corrected chi connectivity index (χ1v) is 11.8. The van der Waals surface area contributed by atoms with Crippen LogP contribution in [0.2, 0.25) is 0 Å². The summed E-state index contributed by atoms with van der Waals surface area (Å²) in [6.07, 6.45) is -9.35. The fraction of sp³-hybridized carbons (Fsp3) is 0.346. The van der Waals surface area contributed by atoms with Gasteiger partial charge in [-0.05, 0) is 29.8 Å². The number of aliphatic hydroxyl groups is 1. The first kappa shape index (κ1) is 30.6. The number of anilines is 1. The Morgan fingerprint density at radius 3 is 2.23 bits per heavy atom. The van der Waals surface area contributed by atoms with Crippen LogP contribution in [-0.4, -0.2) is 68.2 Å². The monoisotopic (exact) mass is 573 g/mol. The van der Waals surface area contributed by atoms with Gasteiger partial charge in [0.2, 0.25) is 11.4 Å². The summed E-state index contributed by atoms with van der Waals surface area (Å²) in [7, 11) is 0. The van der Waals surface area contributed by atoms with E-state index in [1.807, 2.05) is 0 Å². The number of carbonyl (C=O) groups is 2. The summed E-state index contributed by atoms with van der Waals surface area (Å²) >= 11 is 0. The summed E-state index contributed by atoms with van der Waals surface area (Å²) in [5, 5.41) is 23.2. The molecule has 14 heteroatoms. The Morgan fingerprint density at radius 2 is 1.68 bits per heavy atom. The Hall–Kier alpha value is -3.91. The molecule has 0 aromatic heterocycles. The van der Waals surface area contributed by atoms with Crippen molar-refractivity contribution in [1.29, 1.82) is 5.41 Å². The van der Waals surface area contributed by atoms with Crippen LogP contribution >= 0.6 is 0 Å². The average Bonchev–Trinajstić information content (AvgIpc) is 2.89. The smallest absolute Gasteiger partial charge is 0.276 e. The van der Waals surface area contributed by atoms with Gasteiger partial charge in [-0.25, -0.2) is 26.3 Å². The van der Waals surface area contributed by atoms with Crippen LogP contribution in [0.3, 0.4) is 0 Å². The summed E-state index contributed by atoms with van der Waals surface area (Å²) in [4.78, 5) is 26.3. The second-order valence-electron chi connectivity index (χ2n) is 8.73. The SMILES string of the molecule is N=C(C(=O)/C(=C\NCC1COC1)C(=O)Nc1ccc(C(O)(C(F)F)C(F)F)cc1)c1ccccc1OCC(F)F. The number of hydrogen-bond donors (Lipinski definition) is 4. The molecular weight excluding hydrogens is 548 g/mol. The molecule has 1 aliphatic rings. The molecule has 0 unspecified atom stereocenters. The molecule has 3 rings (SSSR count). The molecule has 1 heterocycles. The minimum atomic E-state index is -3.80. The number of carbonyl (C=O) groups excluding carboxylic acids is 2. The molecule has 0 bridgehead atoms. The lowest BCUT2D eigenvalue weighted by molar-refractivity contribution is -0.183. The van der Waals surface area contributed by atoms with Crippen molar-refractivity contribution >= 4 is 23.1 Å². The van der Waals surface area contributed by atoms with Gasteiger partial charge in [-0.15, -0.1) is 0 Å². The number of para-hydroxylation sites is 1. The van der Waals surface area contributed by atoms with Crippen molar-refractivity contribution < 1.29 is 50.5 Å². The molecule has 1 saturated heterocycles. The minimum Gasteiger partial charge on any atom is -0.487 e. The molecule has 0 radical (unpaired) electrons. The Kier molecular flexibility index (Phi) is 10.3. The highest BCUT2D eigenvalue weighted by Gasteiger charge is 2.48. The highest BCUT2D eigenvalue weighted by Crippen LogP contribution is 2.35. The zero-order valence-electron chi connectivity index (χ0n) is 20.7. The van der Waals surface area contributed by atoms with E-state index in [1.165, 1.54) is 24.3 Å². The number of ether oxygens (including phenoxy) is 2. The summed E-state index contributed by atoms with van der Waals surface area (Å²) in [5.41, 5.74) is -6.09. The highest BCUT2D eigenvalue weighted by molar-refractivity contribution is 6.55. The predicted octanol–water partition coefficient (Wildman–Crippen LogP) is 3.74. The standard InChI is InChI=1S/C26H25F6N3O5/c27-20(28)13-40-19-4-2-1-3-17(19)21(33)22(36)18(10-34-9-14-11-39-12-14)23(37)35-16-7-5-15(6-8-16)26(38,24(29)30)25(31)32/h1-8,10,14,20,24-25,33-34,38H,9,11-13H2,(H,35,37)/b18-10+,33-21?. The lowest BCUT2D eigenvalue weighted by atomic mass is 9.94. The van der Waals surface area contributed by atoms with Crippen molar-refractivity contribution in [2.24, 2.45) is 5.92 Å². The van der Waals surface area contributed by atoms with Gasteiger partial charge in [0, 0.05) is 29.9 Å². The van der Waals surface area contributed by atoms with Gasteiger partial charge < -0.3 is 25.2 Å². The van der Waals surface area contributed by atoms with Crippen LogP contribution in [0.25, 0.3) is 0 Å². The molecule has 0 atom stereocenters. The Labute approximate surface area is 224 Å². The number of nitrogens with one attached hydrogen (secondary N) is 3. The molecule has 1 amide bonds. The third-order valence-corrected chi connectivity index (χ3v) is 5.87. The van der Waals surface area contributed by atoms with Crippen LogP contribution in [0.4, 0.5) is 32.0 Å². The van der Waals surface area contributed by atoms with E-state index in [1.54, 1.807) is 0 Å². The summed E-state index contributed by atoms with van der Waals surface area (Å²) in [5.74, 6) is -2.23. The molecule has 1 aliphatic heterocycles. The molecule has 40 heavy (non-hydrogen) atoms. The van der Waals surface area contributed by atoms with E-state index in [4.69, 9.17) is 14.9 Å². The molecule has 216 valence electrons. The highest BCUT2D eigenvalue weighted by atomic mass is 19.3. The van der Waals surface area contributed by atoms with Crippen molar-refractivity contribution in [3.05, 3.63) is 71.4 Å². The van der Waals surface area contributed by atoms with Crippen LogP contribution < -0.4 is 15.4 Å². The molecule has 4 N–H and O–H groups in total. The zero-order chi connectivity index (χ0) is 29.4. The molecule has 2 aromatic rings. The lowest BCUT2D eigenvalue weighted by Gasteiger charge is -2.26. The zero-order valence-corrected chi connectivity index (χ0v) is 20.7. The predicted molar refractivity (Wildman–Crippen MR) is 131 cm³/mol. The van der Waals surface area contributed by atoms with E-state index in [9.17, 15) is 41.0 Å². The molecular formula is C26H25F6N3O5. The van der Waals surface area contributed by atoms with Gasteiger partial charge in [-0.1, -0.05) is 24.3 Å². The van der Waals surface area contributed by atoms with Crippen molar-refractivity contribution in [3.63, 3.8) is 0 Å².